The summed E-state index contributed by atoms with van der Waals surface area (Å²) in [5.74, 6) is 0.202. The predicted octanol–water partition coefficient (Wildman–Crippen LogP) is 1.69. The normalized spacial score (nSPS) is 11.4. The van der Waals surface area contributed by atoms with Gasteiger partial charge in [0, 0.05) is 6.54 Å². The molecule has 3 N–H and O–H groups in total. The number of hydrogen-bond acceptors (Lipinski definition) is 5. The molecule has 0 aliphatic heterocycles. The molecule has 0 unspecified atom stereocenters. The smallest absolute Gasteiger partial charge is 0.344 e. The molecule has 0 radical (unpaired) electrons. The monoisotopic (exact) mass is 358 g/mol. The Morgan fingerprint density at radius 3 is 2.38 bits per heavy atom. The fourth-order valence-electron chi connectivity index (χ4n) is 1.85. The van der Waals surface area contributed by atoms with Crippen molar-refractivity contribution in [3.63, 3.8) is 0 Å². The molecule has 7 heteroatoms. The minimum Gasteiger partial charge on any atom is -0.482 e. The number of hydrogen-bond donors (Lipinski definition) is 2. The van der Waals surface area contributed by atoms with Crippen molar-refractivity contribution >= 4 is 24.3 Å². The number of amides is 1. The van der Waals surface area contributed by atoms with Crippen LogP contribution in [0.2, 0.25) is 0 Å². The number of carbonyl (C=O) groups excluding carboxylic acids is 2. The fourth-order valence-corrected chi connectivity index (χ4v) is 1.85. The van der Waals surface area contributed by atoms with E-state index >= 15 is 0 Å². The second-order valence-corrected chi connectivity index (χ2v) is 5.55. The van der Waals surface area contributed by atoms with Gasteiger partial charge in [0.1, 0.15) is 5.75 Å². The van der Waals surface area contributed by atoms with Gasteiger partial charge in [-0.3, -0.25) is 4.79 Å². The topological polar surface area (TPSA) is 90.6 Å². The lowest BCUT2D eigenvalue weighted by Crippen LogP contribution is -2.44. The number of ether oxygens (including phenoxy) is 2. The van der Waals surface area contributed by atoms with E-state index in [1.165, 1.54) is 0 Å². The fraction of sp³-hybridized carbons (Fsp3) is 0.529. The third-order valence-corrected chi connectivity index (χ3v) is 3.32. The predicted molar refractivity (Wildman–Crippen MR) is 95.3 cm³/mol. The standard InChI is InChI=1S/C17H26N2O4.ClH/c1-4-22-15(20)11-23-14-7-5-13(6-8-14)9-10-19-17(21)16(18)12(2)3;/h5-8,12,16H,4,9-11,18H2,1-3H3,(H,19,21);1H/t16-;/m0./s1. The first-order valence-corrected chi connectivity index (χ1v) is 7.84. The van der Waals surface area contributed by atoms with Crippen molar-refractivity contribution in [2.75, 3.05) is 19.8 Å². The van der Waals surface area contributed by atoms with Gasteiger partial charge in [-0.15, -0.1) is 12.4 Å². The van der Waals surface area contributed by atoms with Crippen LogP contribution in [0.3, 0.4) is 0 Å². The zero-order chi connectivity index (χ0) is 17.2. The molecular weight excluding hydrogens is 332 g/mol. The molecule has 0 spiro atoms. The molecule has 0 bridgehead atoms. The van der Waals surface area contributed by atoms with Crippen molar-refractivity contribution in [3.8, 4) is 5.75 Å². The van der Waals surface area contributed by atoms with E-state index in [1.807, 2.05) is 26.0 Å². The summed E-state index contributed by atoms with van der Waals surface area (Å²) in [6, 6.07) is 6.89. The van der Waals surface area contributed by atoms with Crippen molar-refractivity contribution in [1.29, 1.82) is 0 Å². The highest BCUT2D eigenvalue weighted by Crippen LogP contribution is 2.12. The molecule has 1 aromatic rings. The summed E-state index contributed by atoms with van der Waals surface area (Å²) in [6.07, 6.45) is 0.703. The minimum absolute atomic E-state index is 0. The number of nitrogens with one attached hydrogen (secondary N) is 1. The largest absolute Gasteiger partial charge is 0.482 e. The van der Waals surface area contributed by atoms with Crippen LogP contribution >= 0.6 is 12.4 Å². The molecule has 1 atom stereocenters. The van der Waals surface area contributed by atoms with Crippen LogP contribution in [-0.2, 0) is 20.7 Å². The van der Waals surface area contributed by atoms with Gasteiger partial charge in [-0.1, -0.05) is 26.0 Å². The van der Waals surface area contributed by atoms with Gasteiger partial charge in [-0.05, 0) is 37.0 Å². The Hall–Kier alpha value is -1.79. The lowest BCUT2D eigenvalue weighted by atomic mass is 10.0. The summed E-state index contributed by atoms with van der Waals surface area (Å²) in [6.45, 7) is 6.35. The Morgan fingerprint density at radius 2 is 1.83 bits per heavy atom. The van der Waals surface area contributed by atoms with E-state index < -0.39 is 6.04 Å². The molecule has 1 aromatic carbocycles. The molecular formula is C17H27ClN2O4. The number of halogens is 1. The third kappa shape index (κ3) is 8.17. The molecule has 136 valence electrons. The highest BCUT2D eigenvalue weighted by molar-refractivity contribution is 5.85. The molecule has 0 saturated carbocycles. The molecule has 24 heavy (non-hydrogen) atoms. The second-order valence-electron chi connectivity index (χ2n) is 5.55. The molecule has 1 amide bonds. The van der Waals surface area contributed by atoms with Gasteiger partial charge >= 0.3 is 5.97 Å². The van der Waals surface area contributed by atoms with Crippen molar-refractivity contribution in [2.45, 2.75) is 33.2 Å². The highest BCUT2D eigenvalue weighted by atomic mass is 35.5. The van der Waals surface area contributed by atoms with Crippen LogP contribution in [0.25, 0.3) is 0 Å². The van der Waals surface area contributed by atoms with Crippen LogP contribution < -0.4 is 15.8 Å². The lowest BCUT2D eigenvalue weighted by molar-refractivity contribution is -0.145. The van der Waals surface area contributed by atoms with Gasteiger partial charge < -0.3 is 20.5 Å². The first-order chi connectivity index (χ1) is 10.9. The molecule has 0 aromatic heterocycles. The van der Waals surface area contributed by atoms with Crippen LogP contribution in [0.15, 0.2) is 24.3 Å². The summed E-state index contributed by atoms with van der Waals surface area (Å²) in [7, 11) is 0. The molecule has 0 aliphatic rings. The maximum atomic E-state index is 11.7. The van der Waals surface area contributed by atoms with E-state index in [4.69, 9.17) is 15.2 Å². The van der Waals surface area contributed by atoms with E-state index in [1.54, 1.807) is 19.1 Å². The maximum absolute atomic E-state index is 11.7. The van der Waals surface area contributed by atoms with Crippen LogP contribution in [0.5, 0.6) is 5.75 Å². The molecule has 0 saturated heterocycles. The summed E-state index contributed by atoms with van der Waals surface area (Å²) >= 11 is 0. The molecule has 1 rings (SSSR count). The Kier molecular flexibility index (Phi) is 10.8. The summed E-state index contributed by atoms with van der Waals surface area (Å²) in [4.78, 5) is 22.9. The van der Waals surface area contributed by atoms with Crippen LogP contribution in [0, 0.1) is 5.92 Å². The first-order valence-electron chi connectivity index (χ1n) is 7.84. The number of rotatable bonds is 9. The van der Waals surface area contributed by atoms with Crippen molar-refractivity contribution in [2.24, 2.45) is 11.7 Å². The van der Waals surface area contributed by atoms with Crippen LogP contribution in [0.4, 0.5) is 0 Å². The Labute approximate surface area is 149 Å². The maximum Gasteiger partial charge on any atom is 0.344 e. The van der Waals surface area contributed by atoms with E-state index in [2.05, 4.69) is 5.32 Å². The lowest BCUT2D eigenvalue weighted by Gasteiger charge is -2.15. The first kappa shape index (κ1) is 22.2. The van der Waals surface area contributed by atoms with Gasteiger partial charge in [0.2, 0.25) is 5.91 Å². The van der Waals surface area contributed by atoms with Gasteiger partial charge in [-0.25, -0.2) is 4.79 Å². The molecule has 0 aliphatic carbocycles. The quantitative estimate of drug-likeness (QED) is 0.655. The van der Waals surface area contributed by atoms with Crippen LogP contribution in [0.1, 0.15) is 26.3 Å². The van der Waals surface area contributed by atoms with Crippen LogP contribution in [-0.4, -0.2) is 37.7 Å². The second kappa shape index (κ2) is 11.7. The van der Waals surface area contributed by atoms with Gasteiger partial charge in [0.25, 0.3) is 0 Å². The summed E-state index contributed by atoms with van der Waals surface area (Å²) in [5.41, 5.74) is 6.83. The number of benzene rings is 1. The van der Waals surface area contributed by atoms with Gasteiger partial charge in [-0.2, -0.15) is 0 Å². The van der Waals surface area contributed by atoms with Gasteiger partial charge in [0.15, 0.2) is 6.61 Å². The van der Waals surface area contributed by atoms with Crippen molar-refractivity contribution in [1.82, 2.24) is 5.32 Å². The van der Waals surface area contributed by atoms with Gasteiger partial charge in [0.05, 0.1) is 12.6 Å². The van der Waals surface area contributed by atoms with Crippen molar-refractivity contribution < 1.29 is 19.1 Å². The van der Waals surface area contributed by atoms with E-state index in [0.29, 0.717) is 25.3 Å². The number of esters is 1. The summed E-state index contributed by atoms with van der Waals surface area (Å²) < 4.78 is 10.1. The van der Waals surface area contributed by atoms with E-state index in [0.717, 1.165) is 5.56 Å². The zero-order valence-corrected chi connectivity index (χ0v) is 15.2. The SMILES string of the molecule is CCOC(=O)COc1ccc(CCNC(=O)[C@@H](N)C(C)C)cc1.Cl. The third-order valence-electron chi connectivity index (χ3n) is 3.32. The number of carbonyl (C=O) groups is 2. The van der Waals surface area contributed by atoms with E-state index in [9.17, 15) is 9.59 Å². The highest BCUT2D eigenvalue weighted by Gasteiger charge is 2.16. The molecule has 6 nitrogen and oxygen atoms in total. The zero-order valence-electron chi connectivity index (χ0n) is 14.4. The molecule has 0 fully saturated rings. The Bertz CT molecular complexity index is 506. The number of nitrogens with two attached hydrogens (primary N) is 1. The summed E-state index contributed by atoms with van der Waals surface area (Å²) in [5, 5.41) is 2.82. The average Bonchev–Trinajstić information content (AvgIpc) is 2.53. The average molecular weight is 359 g/mol. The molecule has 0 heterocycles. The Morgan fingerprint density at radius 1 is 1.21 bits per heavy atom. The minimum atomic E-state index is -0.478. The van der Waals surface area contributed by atoms with Crippen molar-refractivity contribution in [3.05, 3.63) is 29.8 Å². The Balaban J connectivity index is 0.00000529. The van der Waals surface area contributed by atoms with E-state index in [-0.39, 0.29) is 36.8 Å².